The molecular weight excluding hydrogens is 218 g/mol. The Morgan fingerprint density at radius 1 is 1.06 bits per heavy atom. The van der Waals surface area contributed by atoms with Gasteiger partial charge in [0.2, 0.25) is 0 Å². The third-order valence-corrected chi connectivity index (χ3v) is 4.84. The van der Waals surface area contributed by atoms with E-state index in [0.29, 0.717) is 5.41 Å². The Kier molecular flexibility index (Phi) is 2.88. The number of fused-ring (bicyclic) bond motifs is 3. The lowest BCUT2D eigenvalue weighted by molar-refractivity contribution is 0.247. The molecule has 3 rings (SSSR count). The van der Waals surface area contributed by atoms with Crippen molar-refractivity contribution < 1.29 is 0 Å². The highest BCUT2D eigenvalue weighted by atomic mass is 14.9. The molecule has 1 unspecified atom stereocenters. The van der Waals surface area contributed by atoms with Gasteiger partial charge in [0.15, 0.2) is 0 Å². The van der Waals surface area contributed by atoms with Crippen LogP contribution in [0.5, 0.6) is 0 Å². The van der Waals surface area contributed by atoms with Crippen molar-refractivity contribution in [1.29, 1.82) is 0 Å². The van der Waals surface area contributed by atoms with Crippen molar-refractivity contribution >= 4 is 5.69 Å². The molecule has 0 saturated heterocycles. The van der Waals surface area contributed by atoms with Crippen molar-refractivity contribution in [1.82, 2.24) is 0 Å². The second-order valence-corrected chi connectivity index (χ2v) is 7.09. The topological polar surface area (TPSA) is 12.0 Å². The summed E-state index contributed by atoms with van der Waals surface area (Å²) in [5.74, 6) is 0.756. The van der Waals surface area contributed by atoms with Crippen LogP contribution in [0.3, 0.4) is 0 Å². The molecule has 0 bridgehead atoms. The van der Waals surface area contributed by atoms with Crippen LogP contribution in [0.25, 0.3) is 0 Å². The number of hydrogen-bond donors (Lipinski definition) is 1. The molecule has 1 aliphatic heterocycles. The van der Waals surface area contributed by atoms with Gasteiger partial charge in [0.25, 0.3) is 0 Å². The molecule has 0 fully saturated rings. The second kappa shape index (κ2) is 4.29. The van der Waals surface area contributed by atoms with Gasteiger partial charge in [-0.3, -0.25) is 0 Å². The number of benzene rings is 1. The van der Waals surface area contributed by atoms with E-state index >= 15 is 0 Å². The zero-order chi connectivity index (χ0) is 12.8. The third-order valence-electron chi connectivity index (χ3n) is 4.84. The average molecular weight is 243 g/mol. The van der Waals surface area contributed by atoms with E-state index in [1.807, 2.05) is 0 Å². The summed E-state index contributed by atoms with van der Waals surface area (Å²) in [6.45, 7) is 8.24. The number of aryl methyl sites for hydroxylation is 1. The summed E-state index contributed by atoms with van der Waals surface area (Å²) in [6, 6.07) is 4.77. The molecule has 1 aromatic carbocycles. The summed E-state index contributed by atoms with van der Waals surface area (Å²) in [7, 11) is 0. The highest BCUT2D eigenvalue weighted by Gasteiger charge is 2.30. The van der Waals surface area contributed by atoms with Crippen molar-refractivity contribution in [2.75, 3.05) is 11.9 Å². The first-order valence-electron chi connectivity index (χ1n) is 7.43. The lowest BCUT2D eigenvalue weighted by Crippen LogP contribution is -2.33. The van der Waals surface area contributed by atoms with Crippen molar-refractivity contribution in [3.8, 4) is 0 Å². The summed E-state index contributed by atoms with van der Waals surface area (Å²) in [4.78, 5) is 0. The van der Waals surface area contributed by atoms with Gasteiger partial charge in [-0.2, -0.15) is 0 Å². The first kappa shape index (κ1) is 12.1. The Morgan fingerprint density at radius 3 is 2.56 bits per heavy atom. The van der Waals surface area contributed by atoms with Crippen LogP contribution < -0.4 is 5.32 Å². The fourth-order valence-electron chi connectivity index (χ4n) is 3.44. The van der Waals surface area contributed by atoms with Crippen LogP contribution in [0.2, 0.25) is 0 Å². The van der Waals surface area contributed by atoms with Gasteiger partial charge in [0.1, 0.15) is 0 Å². The van der Waals surface area contributed by atoms with Gasteiger partial charge in [-0.15, -0.1) is 0 Å². The molecule has 1 nitrogen and oxygen atoms in total. The Bertz CT molecular complexity index is 453. The molecule has 1 heterocycles. The van der Waals surface area contributed by atoms with E-state index in [4.69, 9.17) is 0 Å². The molecule has 0 radical (unpaired) electrons. The van der Waals surface area contributed by atoms with Crippen LogP contribution in [-0.2, 0) is 19.3 Å². The highest BCUT2D eigenvalue weighted by Crippen LogP contribution is 2.39. The van der Waals surface area contributed by atoms with Crippen LogP contribution in [0.15, 0.2) is 12.1 Å². The van der Waals surface area contributed by atoms with E-state index in [0.717, 1.165) is 12.5 Å². The molecule has 1 atom stereocenters. The molecule has 1 heteroatoms. The maximum Gasteiger partial charge on any atom is 0.0408 e. The molecule has 1 aromatic rings. The van der Waals surface area contributed by atoms with Gasteiger partial charge in [0.05, 0.1) is 0 Å². The van der Waals surface area contributed by atoms with E-state index in [1.165, 1.54) is 37.8 Å². The average Bonchev–Trinajstić information content (AvgIpc) is 2.37. The lowest BCUT2D eigenvalue weighted by Gasteiger charge is -2.37. The first-order valence-corrected chi connectivity index (χ1v) is 7.43. The standard InChI is InChI=1S/C17H25N/c1-17(2,3)14-10-13-9-8-12-6-4-5-7-15(12)16(13)18-11-14/h8-9,14,18H,4-7,10-11H2,1-3H3. The molecule has 0 amide bonds. The molecule has 1 N–H and O–H groups in total. The predicted octanol–water partition coefficient (Wildman–Crippen LogP) is 4.20. The first-order chi connectivity index (χ1) is 8.55. The van der Waals surface area contributed by atoms with Crippen LogP contribution in [0.4, 0.5) is 5.69 Å². The van der Waals surface area contributed by atoms with Gasteiger partial charge >= 0.3 is 0 Å². The van der Waals surface area contributed by atoms with Gasteiger partial charge < -0.3 is 5.32 Å². The summed E-state index contributed by atoms with van der Waals surface area (Å²) in [6.07, 6.45) is 6.56. The minimum atomic E-state index is 0.403. The molecule has 2 aliphatic rings. The zero-order valence-electron chi connectivity index (χ0n) is 12.0. The normalized spacial score (nSPS) is 22.9. The van der Waals surface area contributed by atoms with E-state index < -0.39 is 0 Å². The Labute approximate surface area is 111 Å². The van der Waals surface area contributed by atoms with Gasteiger partial charge in [-0.05, 0) is 60.1 Å². The van der Waals surface area contributed by atoms with Crippen molar-refractivity contribution in [3.63, 3.8) is 0 Å². The lowest BCUT2D eigenvalue weighted by atomic mass is 9.74. The van der Waals surface area contributed by atoms with E-state index in [1.54, 1.807) is 16.7 Å². The minimum absolute atomic E-state index is 0.403. The largest absolute Gasteiger partial charge is 0.384 e. The van der Waals surface area contributed by atoms with E-state index in [-0.39, 0.29) is 0 Å². The quantitative estimate of drug-likeness (QED) is 0.720. The number of hydrogen-bond acceptors (Lipinski definition) is 1. The molecule has 18 heavy (non-hydrogen) atoms. The molecular formula is C17H25N. The second-order valence-electron chi connectivity index (χ2n) is 7.09. The van der Waals surface area contributed by atoms with Crippen molar-refractivity contribution in [3.05, 3.63) is 28.8 Å². The summed E-state index contributed by atoms with van der Waals surface area (Å²) in [5, 5.41) is 3.75. The maximum absolute atomic E-state index is 3.75. The fraction of sp³-hybridized carbons (Fsp3) is 0.647. The molecule has 0 spiro atoms. The van der Waals surface area contributed by atoms with Gasteiger partial charge in [-0.25, -0.2) is 0 Å². The molecule has 0 saturated carbocycles. The maximum atomic E-state index is 3.75. The smallest absolute Gasteiger partial charge is 0.0408 e. The number of anilines is 1. The fourth-order valence-corrected chi connectivity index (χ4v) is 3.44. The zero-order valence-corrected chi connectivity index (χ0v) is 12.0. The number of rotatable bonds is 0. The molecule has 0 aromatic heterocycles. The highest BCUT2D eigenvalue weighted by molar-refractivity contribution is 5.62. The summed E-state index contributed by atoms with van der Waals surface area (Å²) in [5.41, 5.74) is 6.68. The SMILES string of the molecule is CC(C)(C)C1CNc2c(ccc3c2CCCC3)C1. The summed E-state index contributed by atoms with van der Waals surface area (Å²) >= 11 is 0. The third kappa shape index (κ3) is 2.04. The van der Waals surface area contributed by atoms with Gasteiger partial charge in [0, 0.05) is 12.2 Å². The van der Waals surface area contributed by atoms with Crippen LogP contribution in [-0.4, -0.2) is 6.54 Å². The van der Waals surface area contributed by atoms with Gasteiger partial charge in [-0.1, -0.05) is 32.9 Å². The molecule has 98 valence electrons. The number of nitrogens with one attached hydrogen (secondary N) is 1. The summed E-state index contributed by atoms with van der Waals surface area (Å²) < 4.78 is 0. The Balaban J connectivity index is 1.94. The predicted molar refractivity (Wildman–Crippen MR) is 78.2 cm³/mol. The van der Waals surface area contributed by atoms with Crippen LogP contribution in [0.1, 0.15) is 50.3 Å². The van der Waals surface area contributed by atoms with E-state index in [9.17, 15) is 0 Å². The molecule has 1 aliphatic carbocycles. The van der Waals surface area contributed by atoms with E-state index in [2.05, 4.69) is 38.2 Å². The minimum Gasteiger partial charge on any atom is -0.384 e. The Hall–Kier alpha value is -0.980. The monoisotopic (exact) mass is 243 g/mol. The Morgan fingerprint density at radius 2 is 1.78 bits per heavy atom. The van der Waals surface area contributed by atoms with Crippen molar-refractivity contribution in [2.45, 2.75) is 52.9 Å². The van der Waals surface area contributed by atoms with Crippen LogP contribution >= 0.6 is 0 Å². The van der Waals surface area contributed by atoms with Crippen molar-refractivity contribution in [2.24, 2.45) is 11.3 Å². The van der Waals surface area contributed by atoms with Crippen LogP contribution in [0, 0.1) is 11.3 Å².